The van der Waals surface area contributed by atoms with E-state index in [1.54, 1.807) is 6.08 Å². The molecule has 1 aliphatic heterocycles. The van der Waals surface area contributed by atoms with Gasteiger partial charge in [0.05, 0.1) is 17.6 Å². The smallest absolute Gasteiger partial charge is 0.230 e. The van der Waals surface area contributed by atoms with Crippen molar-refractivity contribution < 1.29 is 15.0 Å². The summed E-state index contributed by atoms with van der Waals surface area (Å²) >= 11 is 0. The standard InChI is InChI=1S/C28H35NO3/c1-17-9-8-12-22-26(31)20(4)19(3)25-23(16-21-10-6-5-7-11-21)29-27(32)28(22,25)24(30)14-13-18(2)15-17/h5-8,10-15,17,19,22-26,30-31H,4,9,16H2,1-3H3,(H,29,32)/t17-,19+,22-,23-,24+,25-,26+,28+/m0/s1. The minimum absolute atomic E-state index is 0.119. The van der Waals surface area contributed by atoms with E-state index < -0.39 is 23.5 Å². The van der Waals surface area contributed by atoms with Crippen LogP contribution < -0.4 is 5.32 Å². The molecule has 0 unspecified atom stereocenters. The summed E-state index contributed by atoms with van der Waals surface area (Å²) < 4.78 is 0. The highest BCUT2D eigenvalue weighted by molar-refractivity contribution is 5.88. The summed E-state index contributed by atoms with van der Waals surface area (Å²) in [4.78, 5) is 13.8. The summed E-state index contributed by atoms with van der Waals surface area (Å²) in [5.74, 6) is -0.706. The van der Waals surface area contributed by atoms with E-state index in [4.69, 9.17) is 0 Å². The van der Waals surface area contributed by atoms with Crippen LogP contribution in [0.2, 0.25) is 0 Å². The predicted molar refractivity (Wildman–Crippen MR) is 128 cm³/mol. The van der Waals surface area contributed by atoms with E-state index >= 15 is 0 Å². The number of aliphatic hydroxyl groups excluding tert-OH is 2. The molecule has 8 atom stereocenters. The fraction of sp³-hybridized carbons (Fsp3) is 0.464. The Morgan fingerprint density at radius 1 is 1.16 bits per heavy atom. The number of aliphatic hydroxyl groups is 2. The van der Waals surface area contributed by atoms with Crippen LogP contribution in [-0.4, -0.2) is 34.4 Å². The molecule has 1 saturated heterocycles. The molecule has 1 amide bonds. The Morgan fingerprint density at radius 3 is 2.59 bits per heavy atom. The fourth-order valence-corrected chi connectivity index (χ4v) is 6.25. The normalized spacial score (nSPS) is 39.5. The van der Waals surface area contributed by atoms with E-state index in [1.165, 1.54) is 0 Å². The Hall–Kier alpha value is -2.43. The van der Waals surface area contributed by atoms with Crippen LogP contribution in [0.25, 0.3) is 0 Å². The molecule has 0 bridgehead atoms. The van der Waals surface area contributed by atoms with E-state index in [-0.39, 0.29) is 23.8 Å². The third kappa shape index (κ3) is 3.70. The molecule has 1 spiro atoms. The first-order valence-electron chi connectivity index (χ1n) is 11.7. The average molecular weight is 434 g/mol. The summed E-state index contributed by atoms with van der Waals surface area (Å²) in [6.07, 6.45) is 9.42. The monoisotopic (exact) mass is 433 g/mol. The second-order valence-corrected chi connectivity index (χ2v) is 9.92. The average Bonchev–Trinajstić information content (AvgIpc) is 3.04. The second kappa shape index (κ2) is 8.84. The van der Waals surface area contributed by atoms with Crippen LogP contribution >= 0.6 is 0 Å². The van der Waals surface area contributed by atoms with Gasteiger partial charge in [-0.25, -0.2) is 0 Å². The summed E-state index contributed by atoms with van der Waals surface area (Å²) in [7, 11) is 0. The summed E-state index contributed by atoms with van der Waals surface area (Å²) in [5, 5.41) is 26.1. The van der Waals surface area contributed by atoms with Crippen molar-refractivity contribution in [2.24, 2.45) is 29.1 Å². The van der Waals surface area contributed by atoms with Crippen LogP contribution in [0.3, 0.4) is 0 Å². The third-order valence-corrected chi connectivity index (χ3v) is 7.82. The first-order chi connectivity index (χ1) is 15.3. The lowest BCUT2D eigenvalue weighted by atomic mass is 9.51. The van der Waals surface area contributed by atoms with Gasteiger partial charge in [-0.15, -0.1) is 0 Å². The first-order valence-corrected chi connectivity index (χ1v) is 11.7. The van der Waals surface area contributed by atoms with E-state index in [0.29, 0.717) is 12.3 Å². The Bertz CT molecular complexity index is 962. The Kier molecular flexibility index (Phi) is 6.28. The molecule has 4 nitrogen and oxygen atoms in total. The zero-order valence-electron chi connectivity index (χ0n) is 19.2. The molecule has 4 heteroatoms. The second-order valence-electron chi connectivity index (χ2n) is 9.92. The maximum atomic E-state index is 13.8. The van der Waals surface area contributed by atoms with Gasteiger partial charge in [0.25, 0.3) is 0 Å². The number of rotatable bonds is 2. The molecule has 2 fully saturated rings. The zero-order chi connectivity index (χ0) is 23.0. The molecule has 32 heavy (non-hydrogen) atoms. The van der Waals surface area contributed by atoms with Crippen molar-refractivity contribution >= 4 is 5.91 Å². The van der Waals surface area contributed by atoms with Gasteiger partial charge in [0.2, 0.25) is 5.91 Å². The lowest BCUT2D eigenvalue weighted by Crippen LogP contribution is -2.59. The van der Waals surface area contributed by atoms with Gasteiger partial charge in [-0.3, -0.25) is 4.79 Å². The highest BCUT2D eigenvalue weighted by atomic mass is 16.3. The number of hydrogen-bond acceptors (Lipinski definition) is 3. The van der Waals surface area contributed by atoms with E-state index in [1.807, 2.05) is 44.2 Å². The van der Waals surface area contributed by atoms with Crippen LogP contribution in [0.5, 0.6) is 0 Å². The van der Waals surface area contributed by atoms with Crippen molar-refractivity contribution in [3.63, 3.8) is 0 Å². The molecule has 170 valence electrons. The van der Waals surface area contributed by atoms with Gasteiger partial charge >= 0.3 is 0 Å². The predicted octanol–water partition coefficient (Wildman–Crippen LogP) is 3.97. The van der Waals surface area contributed by atoms with Crippen LogP contribution in [-0.2, 0) is 11.2 Å². The maximum absolute atomic E-state index is 13.8. The van der Waals surface area contributed by atoms with Gasteiger partial charge in [-0.05, 0) is 42.7 Å². The Labute approximate surface area is 191 Å². The highest BCUT2D eigenvalue weighted by Crippen LogP contribution is 2.57. The van der Waals surface area contributed by atoms with E-state index in [9.17, 15) is 15.0 Å². The number of benzene rings is 1. The van der Waals surface area contributed by atoms with Gasteiger partial charge in [0.15, 0.2) is 0 Å². The molecule has 0 aromatic heterocycles. The van der Waals surface area contributed by atoms with Crippen molar-refractivity contribution in [1.29, 1.82) is 0 Å². The molecule has 0 radical (unpaired) electrons. The van der Waals surface area contributed by atoms with Gasteiger partial charge in [0, 0.05) is 17.9 Å². The summed E-state index contributed by atoms with van der Waals surface area (Å²) in [6.45, 7) is 10.4. The quantitative estimate of drug-likeness (QED) is 0.618. The maximum Gasteiger partial charge on any atom is 0.230 e. The fourth-order valence-electron chi connectivity index (χ4n) is 6.25. The number of nitrogens with one attached hydrogen (secondary N) is 1. The largest absolute Gasteiger partial charge is 0.388 e. The minimum Gasteiger partial charge on any atom is -0.388 e. The van der Waals surface area contributed by atoms with Crippen LogP contribution in [0, 0.1) is 29.1 Å². The molecule has 1 aromatic rings. The molecule has 2 aliphatic carbocycles. The van der Waals surface area contributed by atoms with Crippen molar-refractivity contribution in [2.45, 2.75) is 51.9 Å². The van der Waals surface area contributed by atoms with Crippen LogP contribution in [0.1, 0.15) is 32.8 Å². The van der Waals surface area contributed by atoms with Gasteiger partial charge in [-0.1, -0.05) is 86.7 Å². The van der Waals surface area contributed by atoms with Crippen LogP contribution in [0.15, 0.2) is 78.4 Å². The topological polar surface area (TPSA) is 69.6 Å². The SMILES string of the molecule is C=C1[C@@H](C)[C@H]2[C@H](Cc3ccccc3)NC(=O)[C@]23[C@H](O)C=CC(C)=C[C@@H](C)CC=C[C@H]3[C@@H]1O. The number of carbonyl (C=O) groups is 1. The number of amides is 1. The Balaban J connectivity index is 1.85. The molecule has 1 saturated carbocycles. The van der Waals surface area contributed by atoms with Crippen molar-refractivity contribution in [2.75, 3.05) is 0 Å². The summed E-state index contributed by atoms with van der Waals surface area (Å²) in [5.41, 5.74) is 1.79. The zero-order valence-corrected chi connectivity index (χ0v) is 19.2. The third-order valence-electron chi connectivity index (χ3n) is 7.82. The number of allylic oxidation sites excluding steroid dienone is 4. The molecule has 1 aromatic carbocycles. The van der Waals surface area contributed by atoms with Crippen molar-refractivity contribution in [3.05, 3.63) is 84.0 Å². The molecule has 1 heterocycles. The minimum atomic E-state index is -1.15. The first kappa shape index (κ1) is 22.8. The van der Waals surface area contributed by atoms with Gasteiger partial charge < -0.3 is 15.5 Å². The number of carbonyl (C=O) groups excluding carboxylic acids is 1. The molecule has 4 rings (SSSR count). The lowest BCUT2D eigenvalue weighted by molar-refractivity contribution is -0.147. The van der Waals surface area contributed by atoms with Crippen LogP contribution in [0.4, 0.5) is 0 Å². The Morgan fingerprint density at radius 2 is 1.88 bits per heavy atom. The molecular weight excluding hydrogens is 398 g/mol. The molecule has 3 N–H and O–H groups in total. The molecular formula is C28H35NO3. The van der Waals surface area contributed by atoms with E-state index in [0.717, 1.165) is 23.1 Å². The van der Waals surface area contributed by atoms with Crippen molar-refractivity contribution in [1.82, 2.24) is 5.32 Å². The van der Waals surface area contributed by atoms with E-state index in [2.05, 4.69) is 43.1 Å². The van der Waals surface area contributed by atoms with Gasteiger partial charge in [-0.2, -0.15) is 0 Å². The summed E-state index contributed by atoms with van der Waals surface area (Å²) in [6, 6.07) is 9.96. The molecule has 3 aliphatic rings. The lowest BCUT2D eigenvalue weighted by Gasteiger charge is -2.51. The van der Waals surface area contributed by atoms with Gasteiger partial charge in [0.1, 0.15) is 0 Å². The number of hydrogen-bond donors (Lipinski definition) is 3. The van der Waals surface area contributed by atoms with Crippen molar-refractivity contribution in [3.8, 4) is 0 Å². The highest BCUT2D eigenvalue weighted by Gasteiger charge is 2.67.